The summed E-state index contributed by atoms with van der Waals surface area (Å²) in [6.07, 6.45) is -3.88. The molecule has 0 atom stereocenters. The molecular weight excluding hydrogens is 231 g/mol. The van der Waals surface area contributed by atoms with Gasteiger partial charge in [-0.05, 0) is 36.1 Å². The molecule has 5 heteroatoms. The zero-order valence-electron chi connectivity index (χ0n) is 9.06. The molecule has 17 heavy (non-hydrogen) atoms. The summed E-state index contributed by atoms with van der Waals surface area (Å²) < 4.78 is 37.5. The van der Waals surface area contributed by atoms with Crippen LogP contribution in [0.4, 0.5) is 13.2 Å². The first-order chi connectivity index (χ1) is 7.91. The van der Waals surface area contributed by atoms with Crippen LogP contribution in [-0.2, 0) is 12.6 Å². The number of fused-ring (bicyclic) bond motifs is 1. The van der Waals surface area contributed by atoms with E-state index in [1.54, 1.807) is 6.92 Å². The first kappa shape index (κ1) is 11.7. The van der Waals surface area contributed by atoms with Gasteiger partial charge in [-0.3, -0.25) is 4.79 Å². The first-order valence-electron chi connectivity index (χ1n) is 5.15. The minimum Gasteiger partial charge on any atom is -0.322 e. The highest BCUT2D eigenvalue weighted by molar-refractivity contribution is 5.79. The summed E-state index contributed by atoms with van der Waals surface area (Å²) in [5.74, 6) is 0. The van der Waals surface area contributed by atoms with Crippen molar-refractivity contribution in [1.82, 2.24) is 4.98 Å². The average Bonchev–Trinajstić information content (AvgIpc) is 2.26. The predicted octanol–water partition coefficient (Wildman–Crippen LogP) is 3.11. The van der Waals surface area contributed by atoms with Crippen molar-refractivity contribution in [2.75, 3.05) is 0 Å². The van der Waals surface area contributed by atoms with Gasteiger partial charge in [-0.15, -0.1) is 0 Å². The molecule has 2 nitrogen and oxygen atoms in total. The maximum Gasteiger partial charge on any atom is 0.416 e. The molecule has 1 heterocycles. The predicted molar refractivity (Wildman–Crippen MR) is 58.9 cm³/mol. The third kappa shape index (κ3) is 2.18. The molecule has 0 amide bonds. The van der Waals surface area contributed by atoms with Crippen molar-refractivity contribution >= 4 is 10.9 Å². The Labute approximate surface area is 95.1 Å². The van der Waals surface area contributed by atoms with Crippen LogP contribution in [0.1, 0.15) is 18.1 Å². The highest BCUT2D eigenvalue weighted by Crippen LogP contribution is 2.30. The fraction of sp³-hybridized carbons (Fsp3) is 0.250. The molecule has 1 aromatic heterocycles. The van der Waals surface area contributed by atoms with E-state index in [4.69, 9.17) is 0 Å². The van der Waals surface area contributed by atoms with E-state index < -0.39 is 11.7 Å². The van der Waals surface area contributed by atoms with Crippen LogP contribution in [-0.4, -0.2) is 4.98 Å². The van der Waals surface area contributed by atoms with Gasteiger partial charge < -0.3 is 4.98 Å². The highest BCUT2D eigenvalue weighted by atomic mass is 19.4. The van der Waals surface area contributed by atoms with Crippen molar-refractivity contribution in [3.05, 3.63) is 45.7 Å². The summed E-state index contributed by atoms with van der Waals surface area (Å²) in [5, 5.41) is 0.399. The summed E-state index contributed by atoms with van der Waals surface area (Å²) >= 11 is 0. The number of aromatic amines is 1. The Morgan fingerprint density at radius 1 is 1.24 bits per heavy atom. The molecule has 0 spiro atoms. The number of alkyl halides is 3. The Balaban J connectivity index is 2.69. The van der Waals surface area contributed by atoms with E-state index in [9.17, 15) is 18.0 Å². The minimum absolute atomic E-state index is 0.250. The molecule has 2 aromatic rings. The lowest BCUT2D eigenvalue weighted by atomic mass is 10.1. The number of nitrogens with one attached hydrogen (secondary N) is 1. The van der Waals surface area contributed by atoms with Gasteiger partial charge in [0.15, 0.2) is 0 Å². The molecule has 1 N–H and O–H groups in total. The molecule has 0 radical (unpaired) electrons. The number of rotatable bonds is 1. The van der Waals surface area contributed by atoms with Gasteiger partial charge in [0.2, 0.25) is 0 Å². The molecule has 1 aromatic carbocycles. The number of hydrogen-bond acceptors (Lipinski definition) is 1. The largest absolute Gasteiger partial charge is 0.416 e. The molecule has 0 aliphatic carbocycles. The number of hydrogen-bond donors (Lipinski definition) is 1. The second kappa shape index (κ2) is 3.91. The molecule has 0 fully saturated rings. The average molecular weight is 241 g/mol. The van der Waals surface area contributed by atoms with Crippen LogP contribution in [0.5, 0.6) is 0 Å². The molecule has 0 unspecified atom stereocenters. The maximum atomic E-state index is 12.5. The van der Waals surface area contributed by atoms with Crippen LogP contribution < -0.4 is 5.56 Å². The van der Waals surface area contributed by atoms with E-state index in [2.05, 4.69) is 4.98 Å². The van der Waals surface area contributed by atoms with Crippen LogP contribution in [0, 0.1) is 0 Å². The van der Waals surface area contributed by atoms with Gasteiger partial charge in [0.1, 0.15) is 0 Å². The fourth-order valence-electron chi connectivity index (χ4n) is 1.69. The Morgan fingerprint density at radius 3 is 2.53 bits per heavy atom. The van der Waals surface area contributed by atoms with Gasteiger partial charge in [-0.25, -0.2) is 0 Å². The van der Waals surface area contributed by atoms with Crippen molar-refractivity contribution < 1.29 is 13.2 Å². The van der Waals surface area contributed by atoms with Crippen LogP contribution in [0.15, 0.2) is 29.1 Å². The molecular formula is C12H10F3NO. The summed E-state index contributed by atoms with van der Waals surface area (Å²) in [7, 11) is 0. The van der Waals surface area contributed by atoms with Gasteiger partial charge in [0, 0.05) is 11.1 Å². The van der Waals surface area contributed by atoms with Crippen molar-refractivity contribution in [1.29, 1.82) is 0 Å². The van der Waals surface area contributed by atoms with Gasteiger partial charge >= 0.3 is 6.18 Å². The zero-order chi connectivity index (χ0) is 12.6. The van der Waals surface area contributed by atoms with E-state index in [-0.39, 0.29) is 5.56 Å². The third-order valence-corrected chi connectivity index (χ3v) is 2.63. The van der Waals surface area contributed by atoms with Crippen molar-refractivity contribution in [2.24, 2.45) is 0 Å². The van der Waals surface area contributed by atoms with E-state index >= 15 is 0 Å². The maximum absolute atomic E-state index is 12.5. The van der Waals surface area contributed by atoms with Gasteiger partial charge in [-0.2, -0.15) is 13.2 Å². The number of aryl methyl sites for hydroxylation is 1. The van der Waals surface area contributed by atoms with Crippen molar-refractivity contribution in [3.8, 4) is 0 Å². The standard InChI is InChI=1S/C12H10F3NO/c1-2-7-5-8-6-9(12(13,14)15)3-4-10(8)16-11(7)17/h3-6H,2H2,1H3,(H,16,17). The molecule has 90 valence electrons. The topological polar surface area (TPSA) is 32.9 Å². The zero-order valence-corrected chi connectivity index (χ0v) is 9.06. The summed E-state index contributed by atoms with van der Waals surface area (Å²) in [4.78, 5) is 14.0. The second-order valence-corrected chi connectivity index (χ2v) is 3.78. The van der Waals surface area contributed by atoms with Crippen LogP contribution in [0.25, 0.3) is 10.9 Å². The SMILES string of the molecule is CCc1cc2cc(C(F)(F)F)ccc2[nH]c1=O. The smallest absolute Gasteiger partial charge is 0.322 e. The summed E-state index contributed by atoms with van der Waals surface area (Å²) in [6.45, 7) is 1.78. The second-order valence-electron chi connectivity index (χ2n) is 3.78. The molecule has 0 aliphatic rings. The number of aromatic nitrogens is 1. The van der Waals surface area contributed by atoms with E-state index in [1.165, 1.54) is 12.1 Å². The Bertz CT molecular complexity index is 613. The minimum atomic E-state index is -4.36. The Kier molecular flexibility index (Phi) is 2.69. The first-order valence-corrected chi connectivity index (χ1v) is 5.15. The number of H-pyrrole nitrogens is 1. The summed E-state index contributed by atoms with van der Waals surface area (Å²) in [6, 6.07) is 4.79. The van der Waals surface area contributed by atoms with Gasteiger partial charge in [0.25, 0.3) is 5.56 Å². The molecule has 0 saturated heterocycles. The van der Waals surface area contributed by atoms with Crippen molar-refractivity contribution in [2.45, 2.75) is 19.5 Å². The molecule has 2 rings (SSSR count). The number of pyridine rings is 1. The lowest BCUT2D eigenvalue weighted by Gasteiger charge is -2.08. The molecule has 0 bridgehead atoms. The fourth-order valence-corrected chi connectivity index (χ4v) is 1.69. The lowest BCUT2D eigenvalue weighted by molar-refractivity contribution is -0.137. The van der Waals surface area contributed by atoms with E-state index in [1.807, 2.05) is 0 Å². The Morgan fingerprint density at radius 2 is 1.94 bits per heavy atom. The Hall–Kier alpha value is -1.78. The quantitative estimate of drug-likeness (QED) is 0.817. The van der Waals surface area contributed by atoms with Crippen LogP contribution >= 0.6 is 0 Å². The molecule has 0 saturated carbocycles. The number of benzene rings is 1. The van der Waals surface area contributed by atoms with Crippen molar-refractivity contribution in [3.63, 3.8) is 0 Å². The highest BCUT2D eigenvalue weighted by Gasteiger charge is 2.30. The normalized spacial score (nSPS) is 12.0. The van der Waals surface area contributed by atoms with E-state index in [0.29, 0.717) is 22.9 Å². The van der Waals surface area contributed by atoms with Crippen LogP contribution in [0.2, 0.25) is 0 Å². The van der Waals surface area contributed by atoms with Gasteiger partial charge in [0.05, 0.1) is 5.56 Å². The van der Waals surface area contributed by atoms with Gasteiger partial charge in [-0.1, -0.05) is 6.92 Å². The summed E-state index contributed by atoms with van der Waals surface area (Å²) in [5.41, 5.74) is -0.0594. The number of halogens is 3. The third-order valence-electron chi connectivity index (χ3n) is 2.63. The van der Waals surface area contributed by atoms with E-state index in [0.717, 1.165) is 12.1 Å². The van der Waals surface area contributed by atoms with Crippen LogP contribution in [0.3, 0.4) is 0 Å². The lowest BCUT2D eigenvalue weighted by Crippen LogP contribution is -2.12. The molecule has 0 aliphatic heterocycles. The monoisotopic (exact) mass is 241 g/mol.